The molecule has 0 spiro atoms. The van der Waals surface area contributed by atoms with Gasteiger partial charge in [-0.15, -0.1) is 6.42 Å². The lowest BCUT2D eigenvalue weighted by Gasteiger charge is -2.27. The Morgan fingerprint density at radius 3 is 2.59 bits per heavy atom. The minimum atomic E-state index is -3.73. The Morgan fingerprint density at radius 1 is 1.15 bits per heavy atom. The van der Waals surface area contributed by atoms with Gasteiger partial charge in [0.2, 0.25) is 10.0 Å². The predicted molar refractivity (Wildman–Crippen MR) is 105 cm³/mol. The first-order valence-corrected chi connectivity index (χ1v) is 10.1. The number of amides is 1. The third-order valence-corrected chi connectivity index (χ3v) is 5.80. The second kappa shape index (κ2) is 8.21. The number of carbonyl (C=O) groups excluding carboxylic acids is 1. The Kier molecular flexibility index (Phi) is 5.75. The van der Waals surface area contributed by atoms with E-state index in [-0.39, 0.29) is 17.3 Å². The van der Waals surface area contributed by atoms with Crippen LogP contribution < -0.4 is 4.72 Å². The highest BCUT2D eigenvalue weighted by atomic mass is 32.2. The highest BCUT2D eigenvalue weighted by Gasteiger charge is 2.21. The van der Waals surface area contributed by atoms with E-state index in [1.807, 2.05) is 24.3 Å². The maximum Gasteiger partial charge on any atom is 0.254 e. The highest BCUT2D eigenvalue weighted by Crippen LogP contribution is 2.23. The van der Waals surface area contributed by atoms with E-state index >= 15 is 0 Å². The van der Waals surface area contributed by atoms with E-state index in [0.29, 0.717) is 18.7 Å². The molecule has 5 nitrogen and oxygen atoms in total. The van der Waals surface area contributed by atoms with Gasteiger partial charge >= 0.3 is 0 Å². The molecule has 1 aliphatic heterocycles. The van der Waals surface area contributed by atoms with Gasteiger partial charge in [0.05, 0.1) is 11.4 Å². The molecule has 1 amide bonds. The number of hydrogen-bond donors (Lipinski definition) is 1. The van der Waals surface area contributed by atoms with Crippen molar-refractivity contribution < 1.29 is 13.2 Å². The van der Waals surface area contributed by atoms with Crippen LogP contribution in [-0.2, 0) is 10.0 Å². The lowest BCUT2D eigenvalue weighted by atomic mass is 9.99. The van der Waals surface area contributed by atoms with Gasteiger partial charge in [0.1, 0.15) is 0 Å². The number of nitrogens with zero attached hydrogens (tertiary/aromatic N) is 1. The van der Waals surface area contributed by atoms with Crippen LogP contribution >= 0.6 is 0 Å². The third kappa shape index (κ3) is 4.45. The van der Waals surface area contributed by atoms with E-state index in [4.69, 9.17) is 6.42 Å². The second-order valence-electron chi connectivity index (χ2n) is 6.15. The van der Waals surface area contributed by atoms with E-state index < -0.39 is 10.0 Å². The van der Waals surface area contributed by atoms with Crippen LogP contribution in [0.2, 0.25) is 0 Å². The number of rotatable bonds is 5. The summed E-state index contributed by atoms with van der Waals surface area (Å²) in [5.41, 5.74) is 2.72. The van der Waals surface area contributed by atoms with Crippen molar-refractivity contribution >= 4 is 21.5 Å². The molecule has 0 saturated carbocycles. The van der Waals surface area contributed by atoms with Crippen LogP contribution in [0, 0.1) is 12.3 Å². The van der Waals surface area contributed by atoms with Crippen LogP contribution in [0.4, 0.5) is 0 Å². The topological polar surface area (TPSA) is 66.5 Å². The Balaban J connectivity index is 1.75. The lowest BCUT2D eigenvalue weighted by Crippen LogP contribution is -2.34. The quantitative estimate of drug-likeness (QED) is 0.811. The van der Waals surface area contributed by atoms with Crippen molar-refractivity contribution in [2.75, 3.05) is 19.6 Å². The number of nitrogens with one attached hydrogen (secondary N) is 1. The fourth-order valence-corrected chi connectivity index (χ4v) is 3.95. The average Bonchev–Trinajstić information content (AvgIpc) is 2.72. The van der Waals surface area contributed by atoms with Gasteiger partial charge in [-0.3, -0.25) is 4.79 Å². The maximum atomic E-state index is 12.8. The minimum absolute atomic E-state index is 0.0288. The fraction of sp³-hybridized carbons (Fsp3) is 0.190. The predicted octanol–water partition coefficient (Wildman–Crippen LogP) is 2.53. The van der Waals surface area contributed by atoms with Crippen LogP contribution in [0.5, 0.6) is 0 Å². The first-order valence-electron chi connectivity index (χ1n) is 8.58. The Labute approximate surface area is 159 Å². The van der Waals surface area contributed by atoms with Crippen molar-refractivity contribution in [2.45, 2.75) is 11.3 Å². The van der Waals surface area contributed by atoms with E-state index in [1.165, 1.54) is 17.7 Å². The third-order valence-electron chi connectivity index (χ3n) is 4.40. The standard InChI is InChI=1S/C21H20N2O3S/c1-2-13-22-27(25,26)20-10-6-9-19(16-20)21(24)23-14-11-18(12-15-23)17-7-4-3-5-8-17/h1,3-11,16,22H,12-15H2. The van der Waals surface area contributed by atoms with Gasteiger partial charge < -0.3 is 4.90 Å². The number of carbonyl (C=O) groups is 1. The van der Waals surface area contributed by atoms with E-state index in [9.17, 15) is 13.2 Å². The van der Waals surface area contributed by atoms with Crippen molar-refractivity contribution in [3.05, 3.63) is 71.8 Å². The summed E-state index contributed by atoms with van der Waals surface area (Å²) >= 11 is 0. The van der Waals surface area contributed by atoms with Crippen LogP contribution in [0.1, 0.15) is 22.3 Å². The summed E-state index contributed by atoms with van der Waals surface area (Å²) in [4.78, 5) is 14.5. The molecule has 2 aromatic carbocycles. The fourth-order valence-electron chi connectivity index (χ4n) is 2.97. The van der Waals surface area contributed by atoms with Crippen LogP contribution in [0.15, 0.2) is 65.6 Å². The van der Waals surface area contributed by atoms with Crippen molar-refractivity contribution in [1.82, 2.24) is 9.62 Å². The molecule has 0 aromatic heterocycles. The molecule has 6 heteroatoms. The summed E-state index contributed by atoms with van der Waals surface area (Å²) in [7, 11) is -3.73. The SMILES string of the molecule is C#CCNS(=O)(=O)c1cccc(C(=O)N2CC=C(c3ccccc3)CC2)c1. The molecule has 0 saturated heterocycles. The van der Waals surface area contributed by atoms with Gasteiger partial charge in [-0.05, 0) is 35.8 Å². The molecule has 0 bridgehead atoms. The smallest absolute Gasteiger partial charge is 0.254 e. The molecule has 0 aliphatic carbocycles. The molecule has 1 N–H and O–H groups in total. The summed E-state index contributed by atoms with van der Waals surface area (Å²) in [6, 6.07) is 16.1. The molecule has 2 aromatic rings. The second-order valence-corrected chi connectivity index (χ2v) is 7.92. The Morgan fingerprint density at radius 2 is 1.93 bits per heavy atom. The molecule has 0 unspecified atom stereocenters. The molecule has 1 aliphatic rings. The van der Waals surface area contributed by atoms with E-state index in [0.717, 1.165) is 12.0 Å². The largest absolute Gasteiger partial charge is 0.335 e. The molecule has 3 rings (SSSR count). The molecule has 138 valence electrons. The highest BCUT2D eigenvalue weighted by molar-refractivity contribution is 7.89. The number of benzene rings is 2. The van der Waals surface area contributed by atoms with Crippen molar-refractivity contribution in [2.24, 2.45) is 0 Å². The van der Waals surface area contributed by atoms with Crippen LogP contribution in [0.25, 0.3) is 5.57 Å². The first-order chi connectivity index (χ1) is 13.0. The lowest BCUT2D eigenvalue weighted by molar-refractivity contribution is 0.0772. The number of sulfonamides is 1. The van der Waals surface area contributed by atoms with Gasteiger partial charge in [0.25, 0.3) is 5.91 Å². The summed E-state index contributed by atoms with van der Waals surface area (Å²) < 4.78 is 26.7. The van der Waals surface area contributed by atoms with Crippen molar-refractivity contribution in [3.63, 3.8) is 0 Å². The van der Waals surface area contributed by atoms with E-state index in [2.05, 4.69) is 22.8 Å². The molecule has 0 atom stereocenters. The minimum Gasteiger partial charge on any atom is -0.335 e. The van der Waals surface area contributed by atoms with Gasteiger partial charge in [0, 0.05) is 18.7 Å². The van der Waals surface area contributed by atoms with Crippen molar-refractivity contribution in [3.8, 4) is 12.3 Å². The molecule has 0 radical (unpaired) electrons. The van der Waals surface area contributed by atoms with Crippen molar-refractivity contribution in [1.29, 1.82) is 0 Å². The molecular formula is C21H20N2O3S. The molecule has 27 heavy (non-hydrogen) atoms. The normalized spacial score (nSPS) is 14.3. The summed E-state index contributed by atoms with van der Waals surface area (Å²) in [5.74, 6) is 2.04. The van der Waals surface area contributed by atoms with Gasteiger partial charge in [-0.25, -0.2) is 8.42 Å². The monoisotopic (exact) mass is 380 g/mol. The summed E-state index contributed by atoms with van der Waals surface area (Å²) in [6.07, 6.45) is 7.91. The molecule has 0 fully saturated rings. The van der Waals surface area contributed by atoms with Crippen LogP contribution in [-0.4, -0.2) is 38.9 Å². The zero-order valence-corrected chi connectivity index (χ0v) is 15.6. The molecular weight excluding hydrogens is 360 g/mol. The van der Waals surface area contributed by atoms with Crippen LogP contribution in [0.3, 0.4) is 0 Å². The number of terminal acetylenes is 1. The maximum absolute atomic E-state index is 12.8. The average molecular weight is 380 g/mol. The summed E-state index contributed by atoms with van der Waals surface area (Å²) in [5, 5.41) is 0. The Hall–Kier alpha value is -2.88. The zero-order valence-electron chi connectivity index (χ0n) is 14.8. The van der Waals surface area contributed by atoms with Gasteiger partial charge in [-0.2, -0.15) is 4.72 Å². The first kappa shape index (κ1) is 18.9. The Bertz CT molecular complexity index is 1010. The summed E-state index contributed by atoms with van der Waals surface area (Å²) in [6.45, 7) is 0.987. The zero-order chi connectivity index (χ0) is 19.3. The van der Waals surface area contributed by atoms with Gasteiger partial charge in [-0.1, -0.05) is 48.4 Å². The number of hydrogen-bond acceptors (Lipinski definition) is 3. The van der Waals surface area contributed by atoms with Gasteiger partial charge in [0.15, 0.2) is 0 Å². The molecule has 1 heterocycles. The van der Waals surface area contributed by atoms with E-state index in [1.54, 1.807) is 17.0 Å².